The second-order valence-corrected chi connectivity index (χ2v) is 9.24. The van der Waals surface area contributed by atoms with Crippen molar-refractivity contribution in [3.63, 3.8) is 0 Å². The molecule has 2 aliphatic heterocycles. The fourth-order valence-electron chi connectivity index (χ4n) is 4.50. The first-order valence-corrected chi connectivity index (χ1v) is 12.3. The minimum atomic E-state index is -0.756. The maximum absolute atomic E-state index is 14.4. The van der Waals surface area contributed by atoms with E-state index in [9.17, 15) is 14.0 Å². The largest absolute Gasteiger partial charge is 0.447 e. The third-order valence-electron chi connectivity index (χ3n) is 6.84. The number of cyclic esters (lactones) is 1. The molecule has 0 radical (unpaired) electrons. The molecule has 1 aromatic carbocycles. The quantitative estimate of drug-likeness (QED) is 0.404. The average molecular weight is 513 g/mol. The molecule has 0 aliphatic carbocycles. The number of aromatic nitrogens is 2. The number of carbonyl (C=O) groups is 2. The molecule has 0 bridgehead atoms. The topological polar surface area (TPSA) is 100 Å². The Labute approximate surface area is 216 Å². The third-order valence-corrected chi connectivity index (χ3v) is 6.84. The van der Waals surface area contributed by atoms with Crippen LogP contribution in [0.4, 0.5) is 21.0 Å². The van der Waals surface area contributed by atoms with E-state index in [1.165, 1.54) is 11.0 Å². The smallest absolute Gasteiger partial charge is 0.416 e. The lowest BCUT2D eigenvalue weighted by Gasteiger charge is -2.34. The Kier molecular flexibility index (Phi) is 8.34. The van der Waals surface area contributed by atoms with Gasteiger partial charge in [0.2, 0.25) is 17.8 Å². The molecule has 3 heterocycles. The van der Waals surface area contributed by atoms with Crippen LogP contribution < -0.4 is 10.2 Å². The van der Waals surface area contributed by atoms with Gasteiger partial charge in [0.25, 0.3) is 0 Å². The summed E-state index contributed by atoms with van der Waals surface area (Å²) in [6.07, 6.45) is 0.435. The maximum atomic E-state index is 14.4. The molecule has 2 aromatic rings. The Morgan fingerprint density at radius 2 is 1.95 bits per heavy atom. The highest BCUT2D eigenvalue weighted by Crippen LogP contribution is 2.26. The molecule has 0 spiro atoms. The molecule has 1 N–H and O–H groups in total. The molecule has 2 aliphatic rings. The van der Waals surface area contributed by atoms with Crippen molar-refractivity contribution in [2.75, 3.05) is 50.1 Å². The summed E-state index contributed by atoms with van der Waals surface area (Å²) in [5.41, 5.74) is 2.14. The molecular weight excluding hydrogens is 479 g/mol. The highest BCUT2D eigenvalue weighted by atomic mass is 19.1. The Morgan fingerprint density at radius 1 is 1.24 bits per heavy atom. The monoisotopic (exact) mass is 512 g/mol. The van der Waals surface area contributed by atoms with E-state index >= 15 is 0 Å². The van der Waals surface area contributed by atoms with Crippen LogP contribution in [0.1, 0.15) is 31.0 Å². The number of carbonyl (C=O) groups excluding carboxylic acids is 2. The number of anilines is 2. The van der Waals surface area contributed by atoms with Crippen LogP contribution in [0.5, 0.6) is 0 Å². The predicted octanol–water partition coefficient (Wildman–Crippen LogP) is 2.98. The number of hydrogen-bond donors (Lipinski definition) is 1. The Bertz CT molecular complexity index is 1120. The van der Waals surface area contributed by atoms with Gasteiger partial charge in [0, 0.05) is 45.9 Å². The van der Waals surface area contributed by atoms with Crippen molar-refractivity contribution < 1.29 is 23.5 Å². The van der Waals surface area contributed by atoms with E-state index in [-0.39, 0.29) is 36.4 Å². The zero-order valence-corrected chi connectivity index (χ0v) is 21.4. The van der Waals surface area contributed by atoms with Gasteiger partial charge < -0.3 is 19.7 Å². The number of hydrogen-bond acceptors (Lipinski definition) is 8. The van der Waals surface area contributed by atoms with Crippen LogP contribution >= 0.6 is 0 Å². The molecular formula is C26H33FN6O4. The highest BCUT2D eigenvalue weighted by molar-refractivity contribution is 5.89. The van der Waals surface area contributed by atoms with E-state index in [0.29, 0.717) is 13.1 Å². The summed E-state index contributed by atoms with van der Waals surface area (Å²) in [7, 11) is 1.54. The lowest BCUT2D eigenvalue weighted by atomic mass is 10.1. The van der Waals surface area contributed by atoms with Gasteiger partial charge in [0.05, 0.1) is 12.1 Å². The Hall–Kier alpha value is -3.57. The van der Waals surface area contributed by atoms with Gasteiger partial charge in [0.1, 0.15) is 18.5 Å². The first-order valence-electron chi connectivity index (χ1n) is 12.3. The number of nitrogens with one attached hydrogen (secondary N) is 1. The predicted molar refractivity (Wildman–Crippen MR) is 137 cm³/mol. The molecule has 2 saturated heterocycles. The fourth-order valence-corrected chi connectivity index (χ4v) is 4.50. The van der Waals surface area contributed by atoms with Crippen molar-refractivity contribution in [1.82, 2.24) is 19.8 Å². The van der Waals surface area contributed by atoms with Gasteiger partial charge in [0.15, 0.2) is 0 Å². The van der Waals surface area contributed by atoms with Crippen LogP contribution in [0.3, 0.4) is 0 Å². The number of amides is 2. The van der Waals surface area contributed by atoms with Gasteiger partial charge in [-0.25, -0.2) is 4.79 Å². The average Bonchev–Trinajstić information content (AvgIpc) is 3.29. The number of rotatable bonds is 9. The molecule has 2 unspecified atom stereocenters. The zero-order valence-electron chi connectivity index (χ0n) is 21.4. The molecule has 3 atom stereocenters. The second kappa shape index (κ2) is 11.7. The summed E-state index contributed by atoms with van der Waals surface area (Å²) < 4.78 is 24.9. The van der Waals surface area contributed by atoms with Crippen LogP contribution in [0.15, 0.2) is 43.0 Å². The SMILES string of the molecule is C=CC(=O)N1CCN(Cc2ccc([C@H](C)Nc3nc(F)cc(N4C(=O)OCC4C(C)OC)n3)cc2)CC1. The third kappa shape index (κ3) is 6.23. The first-order chi connectivity index (χ1) is 17.8. The molecule has 4 rings (SSSR count). The van der Waals surface area contributed by atoms with E-state index in [4.69, 9.17) is 9.47 Å². The van der Waals surface area contributed by atoms with Gasteiger partial charge in [-0.3, -0.25) is 14.6 Å². The van der Waals surface area contributed by atoms with Crippen LogP contribution in [-0.2, 0) is 20.8 Å². The maximum Gasteiger partial charge on any atom is 0.416 e. The van der Waals surface area contributed by atoms with Crippen molar-refractivity contribution in [2.24, 2.45) is 0 Å². The van der Waals surface area contributed by atoms with Crippen molar-refractivity contribution in [1.29, 1.82) is 0 Å². The minimum Gasteiger partial charge on any atom is -0.447 e. The fraction of sp³-hybridized carbons (Fsp3) is 0.462. The van der Waals surface area contributed by atoms with Crippen molar-refractivity contribution >= 4 is 23.8 Å². The van der Waals surface area contributed by atoms with E-state index in [1.54, 1.807) is 7.11 Å². The van der Waals surface area contributed by atoms with Crippen molar-refractivity contribution in [3.8, 4) is 0 Å². The molecule has 37 heavy (non-hydrogen) atoms. The molecule has 11 heteroatoms. The summed E-state index contributed by atoms with van der Waals surface area (Å²) in [6, 6.07) is 8.62. The Balaban J connectivity index is 1.39. The van der Waals surface area contributed by atoms with Crippen LogP contribution in [0.25, 0.3) is 0 Å². The normalized spacial score (nSPS) is 19.9. The summed E-state index contributed by atoms with van der Waals surface area (Å²) >= 11 is 0. The molecule has 2 amide bonds. The lowest BCUT2D eigenvalue weighted by molar-refractivity contribution is -0.127. The second-order valence-electron chi connectivity index (χ2n) is 9.24. The Morgan fingerprint density at radius 3 is 2.59 bits per heavy atom. The molecule has 10 nitrogen and oxygen atoms in total. The van der Waals surface area contributed by atoms with E-state index < -0.39 is 18.1 Å². The van der Waals surface area contributed by atoms with Crippen LogP contribution in [0.2, 0.25) is 0 Å². The van der Waals surface area contributed by atoms with Crippen LogP contribution in [0, 0.1) is 5.95 Å². The minimum absolute atomic E-state index is 0.0235. The van der Waals surface area contributed by atoms with Gasteiger partial charge in [-0.2, -0.15) is 14.4 Å². The molecule has 2 fully saturated rings. The standard InChI is InChI=1S/C26H33FN6O4/c1-5-24(34)32-12-10-31(11-13-32)15-19-6-8-20(9-7-19)17(2)28-25-29-22(27)14-23(30-25)33-21(18(3)36-4)16-37-26(33)35/h5-9,14,17-18,21H,1,10-13,15-16H2,2-4H3,(H,28,29,30)/t17-,18?,21?/m0/s1. The lowest BCUT2D eigenvalue weighted by Crippen LogP contribution is -2.47. The summed E-state index contributed by atoms with van der Waals surface area (Å²) in [5.74, 6) is -0.594. The summed E-state index contributed by atoms with van der Waals surface area (Å²) in [4.78, 5) is 37.8. The summed E-state index contributed by atoms with van der Waals surface area (Å²) in [5, 5.41) is 3.13. The van der Waals surface area contributed by atoms with E-state index in [2.05, 4.69) is 38.9 Å². The number of halogens is 1. The first kappa shape index (κ1) is 26.5. The number of nitrogens with zero attached hydrogens (tertiary/aromatic N) is 5. The number of methoxy groups -OCH3 is 1. The van der Waals surface area contributed by atoms with Gasteiger partial charge in [-0.1, -0.05) is 30.8 Å². The molecule has 0 saturated carbocycles. The highest BCUT2D eigenvalue weighted by Gasteiger charge is 2.39. The number of benzene rings is 1. The van der Waals surface area contributed by atoms with Gasteiger partial charge in [-0.15, -0.1) is 0 Å². The van der Waals surface area contributed by atoms with Crippen molar-refractivity contribution in [2.45, 2.75) is 38.6 Å². The summed E-state index contributed by atoms with van der Waals surface area (Å²) in [6.45, 7) is 11.2. The van der Waals surface area contributed by atoms with Gasteiger partial charge >= 0.3 is 6.09 Å². The zero-order chi connectivity index (χ0) is 26.5. The van der Waals surface area contributed by atoms with Crippen LogP contribution in [-0.4, -0.2) is 83.8 Å². The molecule has 198 valence electrons. The van der Waals surface area contributed by atoms with Gasteiger partial charge in [-0.05, 0) is 31.1 Å². The van der Waals surface area contributed by atoms with E-state index in [0.717, 1.165) is 36.8 Å². The number of ether oxygens (including phenoxy) is 2. The number of piperazine rings is 1. The van der Waals surface area contributed by atoms with E-state index in [1.807, 2.05) is 30.9 Å². The van der Waals surface area contributed by atoms with Crippen molar-refractivity contribution in [3.05, 3.63) is 60.1 Å². The molecule has 1 aromatic heterocycles.